The Morgan fingerprint density at radius 2 is 1.63 bits per heavy atom. The lowest BCUT2D eigenvalue weighted by atomic mass is 9.99. The summed E-state index contributed by atoms with van der Waals surface area (Å²) in [4.78, 5) is 36.3. The van der Waals surface area contributed by atoms with Crippen LogP contribution >= 0.6 is 0 Å². The number of carbonyl (C=O) groups excluding carboxylic acids is 3. The van der Waals surface area contributed by atoms with E-state index in [4.69, 9.17) is 5.73 Å². The quantitative estimate of drug-likeness (QED) is 0.470. The Morgan fingerprint density at radius 1 is 1.00 bits per heavy atom. The summed E-state index contributed by atoms with van der Waals surface area (Å²) in [5, 5.41) is 8.76. The summed E-state index contributed by atoms with van der Waals surface area (Å²) in [5.41, 5.74) is 5.83. The van der Waals surface area contributed by atoms with Crippen molar-refractivity contribution in [2.45, 2.75) is 52.6 Å². The third-order valence-electron chi connectivity index (χ3n) is 4.07. The summed E-state index contributed by atoms with van der Waals surface area (Å²) < 4.78 is 0. The number of hydrogen-bond donors (Lipinski definition) is 4. The summed E-state index contributed by atoms with van der Waals surface area (Å²) in [5.74, 6) is -0.705. The lowest BCUT2D eigenvalue weighted by molar-refractivity contribution is -0.129. The molecule has 1 aromatic rings. The molecule has 5 N–H and O–H groups in total. The SMILES string of the molecule is CC(C)C[C@@H](NC(=O)[C@H](NCCC(N)=O)C(C)C)C(=O)Nc1ccccc1. The second-order valence-electron chi connectivity index (χ2n) is 7.44. The lowest BCUT2D eigenvalue weighted by Gasteiger charge is -2.26. The molecule has 0 aliphatic carbocycles. The van der Waals surface area contributed by atoms with E-state index in [0.29, 0.717) is 18.7 Å². The van der Waals surface area contributed by atoms with Crippen molar-refractivity contribution in [2.24, 2.45) is 17.6 Å². The number of rotatable bonds is 11. The van der Waals surface area contributed by atoms with Crippen LogP contribution in [0.5, 0.6) is 0 Å². The molecule has 0 aliphatic rings. The van der Waals surface area contributed by atoms with E-state index in [1.54, 1.807) is 12.1 Å². The van der Waals surface area contributed by atoms with E-state index in [1.807, 2.05) is 45.9 Å². The maximum Gasteiger partial charge on any atom is 0.246 e. The van der Waals surface area contributed by atoms with E-state index in [1.165, 1.54) is 0 Å². The fraction of sp³-hybridized carbons (Fsp3) is 0.550. The molecule has 150 valence electrons. The number of primary amides is 1. The molecule has 0 bridgehead atoms. The maximum absolute atomic E-state index is 12.7. The number of amides is 3. The van der Waals surface area contributed by atoms with Crippen LogP contribution in [-0.4, -0.2) is 36.3 Å². The van der Waals surface area contributed by atoms with Gasteiger partial charge in [-0.2, -0.15) is 0 Å². The summed E-state index contributed by atoms with van der Waals surface area (Å²) in [6.45, 7) is 8.13. The number of nitrogens with two attached hydrogens (primary N) is 1. The largest absolute Gasteiger partial charge is 0.370 e. The van der Waals surface area contributed by atoms with Crippen LogP contribution < -0.4 is 21.7 Å². The molecule has 1 rings (SSSR count). The van der Waals surface area contributed by atoms with E-state index in [-0.39, 0.29) is 30.1 Å². The molecule has 0 heterocycles. The second kappa shape index (κ2) is 11.3. The van der Waals surface area contributed by atoms with Gasteiger partial charge in [0.1, 0.15) is 6.04 Å². The molecule has 0 saturated heterocycles. The first-order chi connectivity index (χ1) is 12.7. The Labute approximate surface area is 161 Å². The van der Waals surface area contributed by atoms with Gasteiger partial charge in [0, 0.05) is 18.7 Å². The number of anilines is 1. The Hall–Kier alpha value is -2.41. The molecule has 3 amide bonds. The average Bonchev–Trinajstić information content (AvgIpc) is 2.57. The highest BCUT2D eigenvalue weighted by atomic mass is 16.2. The molecule has 0 radical (unpaired) electrons. The van der Waals surface area contributed by atoms with Crippen LogP contribution in [0, 0.1) is 11.8 Å². The van der Waals surface area contributed by atoms with Gasteiger partial charge in [0.05, 0.1) is 6.04 Å². The first-order valence-electron chi connectivity index (χ1n) is 9.38. The number of hydrogen-bond acceptors (Lipinski definition) is 4. The molecule has 1 aromatic carbocycles. The fourth-order valence-corrected chi connectivity index (χ4v) is 2.70. The topological polar surface area (TPSA) is 113 Å². The minimum Gasteiger partial charge on any atom is -0.370 e. The van der Waals surface area contributed by atoms with Crippen LogP contribution in [0.3, 0.4) is 0 Å². The lowest BCUT2D eigenvalue weighted by Crippen LogP contribution is -2.53. The molecule has 27 heavy (non-hydrogen) atoms. The predicted octanol–water partition coefficient (Wildman–Crippen LogP) is 1.65. The van der Waals surface area contributed by atoms with Crippen molar-refractivity contribution < 1.29 is 14.4 Å². The molecule has 0 spiro atoms. The highest BCUT2D eigenvalue weighted by Crippen LogP contribution is 2.11. The van der Waals surface area contributed by atoms with Crippen LogP contribution in [0.1, 0.15) is 40.5 Å². The third-order valence-corrected chi connectivity index (χ3v) is 4.07. The van der Waals surface area contributed by atoms with Gasteiger partial charge in [-0.05, 0) is 30.4 Å². The zero-order valence-electron chi connectivity index (χ0n) is 16.6. The van der Waals surface area contributed by atoms with Crippen molar-refractivity contribution in [3.05, 3.63) is 30.3 Å². The van der Waals surface area contributed by atoms with Gasteiger partial charge < -0.3 is 21.7 Å². The van der Waals surface area contributed by atoms with Crippen LogP contribution in [0.25, 0.3) is 0 Å². The number of nitrogens with one attached hydrogen (secondary N) is 3. The van der Waals surface area contributed by atoms with Crippen LogP contribution in [-0.2, 0) is 14.4 Å². The second-order valence-corrected chi connectivity index (χ2v) is 7.44. The van der Waals surface area contributed by atoms with Crippen molar-refractivity contribution in [3.8, 4) is 0 Å². The van der Waals surface area contributed by atoms with Gasteiger partial charge in [-0.3, -0.25) is 14.4 Å². The standard InChI is InChI=1S/C20H32N4O3/c1-13(2)12-16(19(26)23-15-8-6-5-7-9-15)24-20(27)18(14(3)4)22-11-10-17(21)25/h5-9,13-14,16,18,22H,10-12H2,1-4H3,(H2,21,25)(H,23,26)(H,24,27)/t16-,18-/m1/s1. The normalized spacial score (nSPS) is 13.3. The molecule has 7 nitrogen and oxygen atoms in total. The Balaban J connectivity index is 2.78. The van der Waals surface area contributed by atoms with Gasteiger partial charge in [-0.25, -0.2) is 0 Å². The number of para-hydroxylation sites is 1. The molecule has 0 unspecified atom stereocenters. The first-order valence-corrected chi connectivity index (χ1v) is 9.38. The van der Waals surface area contributed by atoms with E-state index < -0.39 is 18.0 Å². The maximum atomic E-state index is 12.7. The summed E-state index contributed by atoms with van der Waals surface area (Å²) in [6, 6.07) is 7.99. The average molecular weight is 377 g/mol. The highest BCUT2D eigenvalue weighted by molar-refractivity contribution is 5.97. The van der Waals surface area contributed by atoms with Gasteiger partial charge in [-0.15, -0.1) is 0 Å². The number of carbonyl (C=O) groups is 3. The minimum atomic E-state index is -0.642. The molecule has 0 saturated carbocycles. The van der Waals surface area contributed by atoms with E-state index >= 15 is 0 Å². The number of benzene rings is 1. The van der Waals surface area contributed by atoms with Crippen molar-refractivity contribution >= 4 is 23.4 Å². The van der Waals surface area contributed by atoms with Crippen molar-refractivity contribution in [3.63, 3.8) is 0 Å². The fourth-order valence-electron chi connectivity index (χ4n) is 2.70. The summed E-state index contributed by atoms with van der Waals surface area (Å²) in [6.07, 6.45) is 0.678. The van der Waals surface area contributed by atoms with Crippen molar-refractivity contribution in [1.29, 1.82) is 0 Å². The molecule has 7 heteroatoms. The minimum absolute atomic E-state index is 0.00485. The van der Waals surface area contributed by atoms with E-state index in [2.05, 4.69) is 16.0 Å². The zero-order chi connectivity index (χ0) is 20.4. The Kier molecular flexibility index (Phi) is 9.50. The monoisotopic (exact) mass is 376 g/mol. The third kappa shape index (κ3) is 8.68. The molecule has 0 aliphatic heterocycles. The molecular weight excluding hydrogens is 344 g/mol. The Bertz CT molecular complexity index is 617. The predicted molar refractivity (Wildman–Crippen MR) is 107 cm³/mol. The van der Waals surface area contributed by atoms with Gasteiger partial charge >= 0.3 is 0 Å². The summed E-state index contributed by atoms with van der Waals surface area (Å²) >= 11 is 0. The van der Waals surface area contributed by atoms with Crippen molar-refractivity contribution in [1.82, 2.24) is 10.6 Å². The highest BCUT2D eigenvalue weighted by Gasteiger charge is 2.27. The molecule has 0 aromatic heterocycles. The summed E-state index contributed by atoms with van der Waals surface area (Å²) in [7, 11) is 0. The molecular formula is C20H32N4O3. The van der Waals surface area contributed by atoms with E-state index in [0.717, 1.165) is 0 Å². The van der Waals surface area contributed by atoms with Gasteiger partial charge in [0.25, 0.3) is 0 Å². The van der Waals surface area contributed by atoms with Gasteiger partial charge in [-0.1, -0.05) is 45.9 Å². The van der Waals surface area contributed by atoms with Gasteiger partial charge in [0.2, 0.25) is 17.7 Å². The first kappa shape index (κ1) is 22.6. The Morgan fingerprint density at radius 3 is 2.15 bits per heavy atom. The van der Waals surface area contributed by atoms with E-state index in [9.17, 15) is 14.4 Å². The molecule has 2 atom stereocenters. The smallest absolute Gasteiger partial charge is 0.246 e. The molecule has 0 fully saturated rings. The van der Waals surface area contributed by atoms with Crippen LogP contribution in [0.15, 0.2) is 30.3 Å². The van der Waals surface area contributed by atoms with Crippen LogP contribution in [0.2, 0.25) is 0 Å². The van der Waals surface area contributed by atoms with Crippen molar-refractivity contribution in [2.75, 3.05) is 11.9 Å². The zero-order valence-corrected chi connectivity index (χ0v) is 16.6. The van der Waals surface area contributed by atoms with Crippen LogP contribution in [0.4, 0.5) is 5.69 Å². The van der Waals surface area contributed by atoms with Gasteiger partial charge in [0.15, 0.2) is 0 Å².